The molecule has 0 radical (unpaired) electrons. The normalized spacial score (nSPS) is 12.7. The number of fused-ring (bicyclic) bond motifs is 1. The highest BCUT2D eigenvalue weighted by atomic mass is 35.5. The second-order valence-corrected chi connectivity index (χ2v) is 9.39. The molecule has 0 unspecified atom stereocenters. The van der Waals surface area contributed by atoms with Crippen LogP contribution in [-0.2, 0) is 27.7 Å². The molecule has 0 spiro atoms. The number of benzene rings is 3. The number of hydrogen-bond acceptors (Lipinski definition) is 4. The first kappa shape index (κ1) is 21.2. The van der Waals surface area contributed by atoms with E-state index in [1.54, 1.807) is 43.3 Å². The van der Waals surface area contributed by atoms with E-state index < -0.39 is 10.0 Å². The number of rotatable bonds is 6. The van der Waals surface area contributed by atoms with Crippen molar-refractivity contribution in [3.05, 3.63) is 82.4 Å². The van der Waals surface area contributed by atoms with Crippen LogP contribution in [0.3, 0.4) is 0 Å². The van der Waals surface area contributed by atoms with Crippen molar-refractivity contribution in [2.75, 3.05) is 16.6 Å². The highest BCUT2D eigenvalue weighted by molar-refractivity contribution is 7.92. The predicted octanol–water partition coefficient (Wildman–Crippen LogP) is 4.57. The number of sulfonamides is 1. The van der Waals surface area contributed by atoms with Crippen molar-refractivity contribution in [3.8, 4) is 5.75 Å². The molecule has 0 aromatic heterocycles. The van der Waals surface area contributed by atoms with Gasteiger partial charge in [0.05, 0.1) is 28.6 Å². The van der Waals surface area contributed by atoms with Gasteiger partial charge in [0.1, 0.15) is 5.75 Å². The molecule has 0 saturated carbocycles. The van der Waals surface area contributed by atoms with E-state index in [0.717, 1.165) is 23.3 Å². The molecule has 1 aliphatic heterocycles. The standard InChI is InChI=1S/C23H21ClN2O4S/c1-15-6-8-18(14-22(15)31(28,29)26-20-5-3-2-4-19(20)24)25-23(27)13-16-7-9-21-17(12-16)10-11-30-21/h2-9,12,14,26H,10-11,13H2,1H3,(H,25,27). The fourth-order valence-corrected chi connectivity index (χ4v) is 5.04. The molecule has 2 N–H and O–H groups in total. The number of anilines is 2. The van der Waals surface area contributed by atoms with Crippen molar-refractivity contribution in [1.82, 2.24) is 0 Å². The minimum absolute atomic E-state index is 0.0694. The summed E-state index contributed by atoms with van der Waals surface area (Å²) in [5.41, 5.74) is 3.22. The maximum absolute atomic E-state index is 12.9. The van der Waals surface area contributed by atoms with Crippen molar-refractivity contribution >= 4 is 38.9 Å². The Morgan fingerprint density at radius 2 is 1.90 bits per heavy atom. The van der Waals surface area contributed by atoms with Crippen molar-refractivity contribution in [2.45, 2.75) is 24.7 Å². The number of nitrogens with one attached hydrogen (secondary N) is 2. The zero-order chi connectivity index (χ0) is 22.0. The highest BCUT2D eigenvalue weighted by Crippen LogP contribution is 2.28. The van der Waals surface area contributed by atoms with Gasteiger partial charge in [-0.3, -0.25) is 9.52 Å². The van der Waals surface area contributed by atoms with E-state index in [1.807, 2.05) is 18.2 Å². The molecule has 1 heterocycles. The average Bonchev–Trinajstić information content (AvgIpc) is 3.19. The first-order valence-electron chi connectivity index (χ1n) is 9.74. The maximum atomic E-state index is 12.9. The molecule has 160 valence electrons. The monoisotopic (exact) mass is 456 g/mol. The van der Waals surface area contributed by atoms with Gasteiger partial charge < -0.3 is 10.1 Å². The summed E-state index contributed by atoms with van der Waals surface area (Å²) in [4.78, 5) is 12.6. The van der Waals surface area contributed by atoms with Gasteiger partial charge in [0.15, 0.2) is 0 Å². The Kier molecular flexibility index (Phi) is 5.89. The zero-order valence-corrected chi connectivity index (χ0v) is 18.4. The number of carbonyl (C=O) groups excluding carboxylic acids is 1. The Balaban J connectivity index is 1.50. The summed E-state index contributed by atoms with van der Waals surface area (Å²) < 4.78 is 33.8. The Labute approximate surface area is 186 Å². The summed E-state index contributed by atoms with van der Waals surface area (Å²) in [6.07, 6.45) is 1.02. The molecular formula is C23H21ClN2O4S. The van der Waals surface area contributed by atoms with Crippen LogP contribution in [0.4, 0.5) is 11.4 Å². The van der Waals surface area contributed by atoms with Crippen LogP contribution < -0.4 is 14.8 Å². The molecule has 0 saturated heterocycles. The first-order chi connectivity index (χ1) is 14.8. The van der Waals surface area contributed by atoms with Crippen LogP contribution in [0.2, 0.25) is 5.02 Å². The van der Waals surface area contributed by atoms with E-state index in [-0.39, 0.29) is 17.2 Å². The number of aryl methyl sites for hydroxylation is 1. The largest absolute Gasteiger partial charge is 0.493 e. The summed E-state index contributed by atoms with van der Waals surface area (Å²) in [7, 11) is -3.89. The lowest BCUT2D eigenvalue weighted by molar-refractivity contribution is -0.115. The topological polar surface area (TPSA) is 84.5 Å². The minimum atomic E-state index is -3.89. The van der Waals surface area contributed by atoms with Crippen molar-refractivity contribution in [1.29, 1.82) is 0 Å². The third kappa shape index (κ3) is 4.84. The van der Waals surface area contributed by atoms with E-state index in [9.17, 15) is 13.2 Å². The van der Waals surface area contributed by atoms with Gasteiger partial charge >= 0.3 is 0 Å². The zero-order valence-electron chi connectivity index (χ0n) is 16.8. The third-order valence-electron chi connectivity index (χ3n) is 5.00. The van der Waals surface area contributed by atoms with Crippen molar-refractivity contribution in [2.24, 2.45) is 0 Å². The van der Waals surface area contributed by atoms with Crippen LogP contribution in [0.15, 0.2) is 65.6 Å². The first-order valence-corrected chi connectivity index (χ1v) is 11.6. The SMILES string of the molecule is Cc1ccc(NC(=O)Cc2ccc3c(c2)CCO3)cc1S(=O)(=O)Nc1ccccc1Cl. The number of carbonyl (C=O) groups is 1. The Morgan fingerprint density at radius 3 is 2.71 bits per heavy atom. The van der Waals surface area contributed by atoms with E-state index in [4.69, 9.17) is 16.3 Å². The van der Waals surface area contributed by atoms with Crippen LogP contribution in [0.1, 0.15) is 16.7 Å². The Morgan fingerprint density at radius 1 is 1.10 bits per heavy atom. The summed E-state index contributed by atoms with van der Waals surface area (Å²) in [5.74, 6) is 0.633. The Hall–Kier alpha value is -3.03. The molecule has 0 bridgehead atoms. The lowest BCUT2D eigenvalue weighted by atomic mass is 10.1. The lowest BCUT2D eigenvalue weighted by Crippen LogP contribution is -2.17. The van der Waals surface area contributed by atoms with Crippen LogP contribution in [-0.4, -0.2) is 20.9 Å². The summed E-state index contributed by atoms with van der Waals surface area (Å²) in [6.45, 7) is 2.35. The molecule has 0 fully saturated rings. The second kappa shape index (κ2) is 8.61. The predicted molar refractivity (Wildman–Crippen MR) is 121 cm³/mol. The lowest BCUT2D eigenvalue weighted by Gasteiger charge is -2.13. The van der Waals surface area contributed by atoms with Gasteiger partial charge in [0.2, 0.25) is 5.91 Å². The number of halogens is 1. The molecule has 1 aliphatic rings. The van der Waals surface area contributed by atoms with Crippen LogP contribution in [0, 0.1) is 6.92 Å². The fourth-order valence-electron chi connectivity index (χ4n) is 3.45. The fraction of sp³-hybridized carbons (Fsp3) is 0.174. The molecule has 31 heavy (non-hydrogen) atoms. The average molecular weight is 457 g/mol. The summed E-state index contributed by atoms with van der Waals surface area (Å²) in [6, 6.07) is 17.1. The molecular weight excluding hydrogens is 436 g/mol. The molecule has 1 amide bonds. The van der Waals surface area contributed by atoms with Gasteiger partial charge in [-0.1, -0.05) is 41.9 Å². The van der Waals surface area contributed by atoms with E-state index in [1.165, 1.54) is 6.07 Å². The van der Waals surface area contributed by atoms with Crippen LogP contribution >= 0.6 is 11.6 Å². The Bertz CT molecular complexity index is 1260. The van der Waals surface area contributed by atoms with Gasteiger partial charge in [-0.05, 0) is 53.9 Å². The highest BCUT2D eigenvalue weighted by Gasteiger charge is 2.19. The molecule has 8 heteroatoms. The van der Waals surface area contributed by atoms with Gasteiger partial charge in [-0.25, -0.2) is 8.42 Å². The quantitative estimate of drug-likeness (QED) is 0.569. The number of hydrogen-bond donors (Lipinski definition) is 2. The molecule has 6 nitrogen and oxygen atoms in total. The van der Waals surface area contributed by atoms with Crippen LogP contribution in [0.25, 0.3) is 0 Å². The van der Waals surface area contributed by atoms with Crippen molar-refractivity contribution in [3.63, 3.8) is 0 Å². The number of ether oxygens (including phenoxy) is 1. The number of amides is 1. The number of para-hydroxylation sites is 1. The van der Waals surface area contributed by atoms with Crippen molar-refractivity contribution < 1.29 is 17.9 Å². The summed E-state index contributed by atoms with van der Waals surface area (Å²) >= 11 is 6.08. The molecule has 0 aliphatic carbocycles. The molecule has 3 aromatic carbocycles. The third-order valence-corrected chi connectivity index (χ3v) is 6.84. The van der Waals surface area contributed by atoms with E-state index in [2.05, 4.69) is 10.0 Å². The van der Waals surface area contributed by atoms with Gasteiger partial charge in [0.25, 0.3) is 10.0 Å². The molecule has 0 atom stereocenters. The smallest absolute Gasteiger partial charge is 0.262 e. The van der Waals surface area contributed by atoms with Gasteiger partial charge in [0, 0.05) is 12.1 Å². The van der Waals surface area contributed by atoms with Gasteiger partial charge in [-0.2, -0.15) is 0 Å². The minimum Gasteiger partial charge on any atom is -0.493 e. The second-order valence-electron chi connectivity index (χ2n) is 7.33. The van der Waals surface area contributed by atoms with E-state index in [0.29, 0.717) is 28.6 Å². The van der Waals surface area contributed by atoms with E-state index >= 15 is 0 Å². The molecule has 3 aromatic rings. The molecule has 4 rings (SSSR count). The van der Waals surface area contributed by atoms with Gasteiger partial charge in [-0.15, -0.1) is 0 Å². The summed E-state index contributed by atoms with van der Waals surface area (Å²) in [5, 5.41) is 3.08. The maximum Gasteiger partial charge on any atom is 0.262 e. The van der Waals surface area contributed by atoms with Crippen LogP contribution in [0.5, 0.6) is 5.75 Å².